The Labute approximate surface area is 133 Å². The fourth-order valence-electron chi connectivity index (χ4n) is 1.73. The Morgan fingerprint density at radius 2 is 1.76 bits per heavy atom. The summed E-state index contributed by atoms with van der Waals surface area (Å²) in [6, 6.07) is 17.2. The van der Waals surface area contributed by atoms with E-state index in [0.29, 0.717) is 24.2 Å². The van der Waals surface area contributed by atoms with Crippen LogP contribution >= 0.6 is 15.9 Å². The quantitative estimate of drug-likeness (QED) is 0.540. The van der Waals surface area contributed by atoms with Crippen LogP contribution in [0.5, 0.6) is 5.75 Å². The highest BCUT2D eigenvalue weighted by Crippen LogP contribution is 2.18. The van der Waals surface area contributed by atoms with Crippen LogP contribution in [0.1, 0.15) is 5.56 Å². The van der Waals surface area contributed by atoms with Crippen LogP contribution in [0.25, 0.3) is 4.85 Å². The number of benzene rings is 2. The minimum Gasteiger partial charge on any atom is -0.491 e. The Kier molecular flexibility index (Phi) is 6.26. The highest BCUT2D eigenvalue weighted by atomic mass is 79.9. The molecule has 0 aliphatic carbocycles. The first-order chi connectivity index (χ1) is 10.3. The van der Waals surface area contributed by atoms with E-state index >= 15 is 0 Å². The van der Waals surface area contributed by atoms with Gasteiger partial charge in [-0.1, -0.05) is 58.4 Å². The average molecular weight is 346 g/mol. The maximum absolute atomic E-state index is 6.91. The number of ether oxygens (including phenoxy) is 2. The lowest BCUT2D eigenvalue weighted by Gasteiger charge is -2.16. The predicted octanol–water partition coefficient (Wildman–Crippen LogP) is 4.60. The van der Waals surface area contributed by atoms with E-state index in [9.17, 15) is 0 Å². The maximum atomic E-state index is 6.91. The second-order valence-electron chi connectivity index (χ2n) is 4.49. The van der Waals surface area contributed by atoms with Crippen molar-refractivity contribution < 1.29 is 9.47 Å². The van der Waals surface area contributed by atoms with E-state index in [1.54, 1.807) is 24.3 Å². The number of hydrogen-bond donors (Lipinski definition) is 0. The van der Waals surface area contributed by atoms with Crippen molar-refractivity contribution in [1.82, 2.24) is 0 Å². The van der Waals surface area contributed by atoms with Crippen molar-refractivity contribution in [2.45, 2.75) is 12.7 Å². The van der Waals surface area contributed by atoms with Crippen LogP contribution in [0.2, 0.25) is 0 Å². The van der Waals surface area contributed by atoms with Crippen LogP contribution in [-0.2, 0) is 11.3 Å². The molecule has 0 amide bonds. The van der Waals surface area contributed by atoms with Crippen LogP contribution in [-0.4, -0.2) is 18.0 Å². The van der Waals surface area contributed by atoms with Crippen molar-refractivity contribution in [2.24, 2.45) is 0 Å². The second kappa shape index (κ2) is 8.46. The summed E-state index contributed by atoms with van der Waals surface area (Å²) in [5.74, 6) is 0.747. The monoisotopic (exact) mass is 345 g/mol. The molecule has 0 fully saturated rings. The summed E-state index contributed by atoms with van der Waals surface area (Å²) in [4.78, 5) is 3.35. The van der Waals surface area contributed by atoms with Gasteiger partial charge in [0.1, 0.15) is 18.5 Å². The van der Waals surface area contributed by atoms with E-state index in [1.165, 1.54) is 0 Å². The molecule has 0 heterocycles. The molecule has 0 aliphatic rings. The van der Waals surface area contributed by atoms with E-state index in [-0.39, 0.29) is 6.10 Å². The van der Waals surface area contributed by atoms with Crippen molar-refractivity contribution in [3.63, 3.8) is 0 Å². The van der Waals surface area contributed by atoms with E-state index in [0.717, 1.165) is 11.3 Å². The smallest absolute Gasteiger partial charge is 0.187 e. The van der Waals surface area contributed by atoms with Crippen molar-refractivity contribution in [2.75, 3.05) is 11.9 Å². The van der Waals surface area contributed by atoms with Crippen LogP contribution in [0.4, 0.5) is 5.69 Å². The summed E-state index contributed by atoms with van der Waals surface area (Å²) in [5.41, 5.74) is 1.75. The van der Waals surface area contributed by atoms with Crippen molar-refractivity contribution >= 4 is 21.6 Å². The molecule has 2 rings (SSSR count). The SMILES string of the molecule is [C-]#[N+]c1ccc(OCC(CBr)OCc2ccccc2)cc1. The van der Waals surface area contributed by atoms with Crippen molar-refractivity contribution in [3.8, 4) is 5.75 Å². The molecule has 1 unspecified atom stereocenters. The molecule has 3 nitrogen and oxygen atoms in total. The lowest BCUT2D eigenvalue weighted by molar-refractivity contribution is 0.0251. The third kappa shape index (κ3) is 5.22. The fourth-order valence-corrected chi connectivity index (χ4v) is 2.11. The zero-order valence-electron chi connectivity index (χ0n) is 11.5. The summed E-state index contributed by atoms with van der Waals surface area (Å²) < 4.78 is 11.5. The van der Waals surface area contributed by atoms with Crippen molar-refractivity contribution in [1.29, 1.82) is 0 Å². The van der Waals surface area contributed by atoms with Crippen LogP contribution in [0.15, 0.2) is 54.6 Å². The molecule has 0 bridgehead atoms. The number of nitrogens with zero attached hydrogens (tertiary/aromatic N) is 1. The molecular weight excluding hydrogens is 330 g/mol. The molecule has 1 atom stereocenters. The number of alkyl halides is 1. The Bertz CT molecular complexity index is 578. The zero-order valence-corrected chi connectivity index (χ0v) is 13.1. The van der Waals surface area contributed by atoms with Gasteiger partial charge in [0.2, 0.25) is 0 Å². The van der Waals surface area contributed by atoms with E-state index in [2.05, 4.69) is 20.8 Å². The summed E-state index contributed by atoms with van der Waals surface area (Å²) in [5, 5.41) is 0.708. The molecule has 2 aromatic rings. The van der Waals surface area contributed by atoms with E-state index in [4.69, 9.17) is 16.0 Å². The van der Waals surface area contributed by atoms with Gasteiger partial charge in [0.05, 0.1) is 13.2 Å². The van der Waals surface area contributed by atoms with Gasteiger partial charge in [-0.15, -0.1) is 0 Å². The van der Waals surface area contributed by atoms with Crippen LogP contribution < -0.4 is 4.74 Å². The molecule has 0 saturated carbocycles. The number of rotatable bonds is 7. The van der Waals surface area contributed by atoms with Crippen LogP contribution in [0.3, 0.4) is 0 Å². The first-order valence-electron chi connectivity index (χ1n) is 6.63. The predicted molar refractivity (Wildman–Crippen MR) is 87.0 cm³/mol. The Morgan fingerprint density at radius 1 is 1.05 bits per heavy atom. The minimum atomic E-state index is -0.0225. The Balaban J connectivity index is 1.80. The number of hydrogen-bond acceptors (Lipinski definition) is 2. The third-order valence-electron chi connectivity index (χ3n) is 2.90. The lowest BCUT2D eigenvalue weighted by atomic mass is 10.2. The molecule has 2 aromatic carbocycles. The first kappa shape index (κ1) is 15.6. The first-order valence-corrected chi connectivity index (χ1v) is 7.76. The van der Waals surface area contributed by atoms with Gasteiger partial charge in [-0.2, -0.15) is 0 Å². The normalized spacial score (nSPS) is 11.6. The molecule has 0 aliphatic heterocycles. The zero-order chi connectivity index (χ0) is 14.9. The topological polar surface area (TPSA) is 22.8 Å². The summed E-state index contributed by atoms with van der Waals surface area (Å²) in [6.45, 7) is 7.94. The summed E-state index contributed by atoms with van der Waals surface area (Å²) >= 11 is 3.44. The molecule has 21 heavy (non-hydrogen) atoms. The number of halogens is 1. The van der Waals surface area contributed by atoms with Crippen molar-refractivity contribution in [3.05, 3.63) is 71.6 Å². The largest absolute Gasteiger partial charge is 0.491 e. The Morgan fingerprint density at radius 3 is 2.38 bits per heavy atom. The summed E-state index contributed by atoms with van der Waals surface area (Å²) in [6.07, 6.45) is -0.0225. The van der Waals surface area contributed by atoms with Gasteiger partial charge in [0, 0.05) is 5.33 Å². The molecule has 0 saturated heterocycles. The van der Waals surface area contributed by atoms with E-state index < -0.39 is 0 Å². The van der Waals surface area contributed by atoms with Gasteiger partial charge >= 0.3 is 0 Å². The molecule has 0 spiro atoms. The average Bonchev–Trinajstić information content (AvgIpc) is 2.56. The van der Waals surface area contributed by atoms with Gasteiger partial charge in [-0.05, 0) is 17.7 Å². The second-order valence-corrected chi connectivity index (χ2v) is 5.14. The Hall–Kier alpha value is -1.83. The molecule has 108 valence electrons. The maximum Gasteiger partial charge on any atom is 0.187 e. The van der Waals surface area contributed by atoms with Gasteiger partial charge in [-0.3, -0.25) is 0 Å². The lowest BCUT2D eigenvalue weighted by Crippen LogP contribution is -2.23. The van der Waals surface area contributed by atoms with E-state index in [1.807, 2.05) is 30.3 Å². The fraction of sp³-hybridized carbons (Fsp3) is 0.235. The minimum absolute atomic E-state index is 0.0225. The van der Waals surface area contributed by atoms with Gasteiger partial charge in [0.25, 0.3) is 0 Å². The highest BCUT2D eigenvalue weighted by Gasteiger charge is 2.09. The molecule has 0 radical (unpaired) electrons. The van der Waals surface area contributed by atoms with Gasteiger partial charge in [0.15, 0.2) is 5.69 Å². The van der Waals surface area contributed by atoms with Gasteiger partial charge < -0.3 is 9.47 Å². The molecule has 0 N–H and O–H groups in total. The highest BCUT2D eigenvalue weighted by molar-refractivity contribution is 9.09. The standard InChI is InChI=1S/C17H16BrNO2/c1-19-15-7-9-16(10-8-15)21-13-17(11-18)20-12-14-5-3-2-4-6-14/h2-10,17H,11-13H2. The van der Waals surface area contributed by atoms with Gasteiger partial charge in [-0.25, -0.2) is 4.85 Å². The summed E-state index contributed by atoms with van der Waals surface area (Å²) in [7, 11) is 0. The molecular formula is C17H16BrNO2. The van der Waals surface area contributed by atoms with Crippen LogP contribution in [0, 0.1) is 6.57 Å². The molecule has 0 aromatic heterocycles. The molecule has 4 heteroatoms. The third-order valence-corrected chi connectivity index (χ3v) is 3.62.